The van der Waals surface area contributed by atoms with E-state index in [9.17, 15) is 0 Å². The van der Waals surface area contributed by atoms with Gasteiger partial charge in [0.05, 0.1) is 0 Å². The van der Waals surface area contributed by atoms with E-state index in [1.54, 1.807) is 11.3 Å². The first kappa shape index (κ1) is 9.71. The van der Waals surface area contributed by atoms with Crippen molar-refractivity contribution in [2.45, 2.75) is 25.8 Å². The molecule has 1 aromatic heterocycles. The van der Waals surface area contributed by atoms with Crippen molar-refractivity contribution in [2.24, 2.45) is 5.73 Å². The molecule has 0 saturated heterocycles. The molecular weight excluding hydrogens is 170 g/mol. The number of aliphatic hydroxyl groups excluding tert-OH is 1. The summed E-state index contributed by atoms with van der Waals surface area (Å²) in [5.74, 6) is 0. The van der Waals surface area contributed by atoms with E-state index in [1.165, 1.54) is 10.4 Å². The standard InChI is InChI=1S/C9H15NOS/c1-7-4-6-12-9(7)8(10)3-2-5-11/h4,6,8,11H,2-3,5,10H2,1H3/t8-/m1/s1. The zero-order valence-corrected chi connectivity index (χ0v) is 8.10. The number of thiophene rings is 1. The Labute approximate surface area is 77.0 Å². The largest absolute Gasteiger partial charge is 0.396 e. The fourth-order valence-electron chi connectivity index (χ4n) is 1.21. The van der Waals surface area contributed by atoms with Crippen LogP contribution in [0.3, 0.4) is 0 Å². The third kappa shape index (κ3) is 2.30. The van der Waals surface area contributed by atoms with Crippen molar-refractivity contribution in [3.8, 4) is 0 Å². The van der Waals surface area contributed by atoms with Crippen LogP contribution in [0.25, 0.3) is 0 Å². The minimum atomic E-state index is 0.108. The fraction of sp³-hybridized carbons (Fsp3) is 0.556. The summed E-state index contributed by atoms with van der Waals surface area (Å²) in [6, 6.07) is 2.19. The predicted molar refractivity (Wildman–Crippen MR) is 52.3 cm³/mol. The highest BCUT2D eigenvalue weighted by Crippen LogP contribution is 2.24. The summed E-state index contributed by atoms with van der Waals surface area (Å²) in [7, 11) is 0. The van der Waals surface area contributed by atoms with Gasteiger partial charge in [-0.3, -0.25) is 0 Å². The monoisotopic (exact) mass is 185 g/mol. The Morgan fingerprint density at radius 3 is 2.92 bits per heavy atom. The normalized spacial score (nSPS) is 13.2. The Balaban J connectivity index is 2.52. The highest BCUT2D eigenvalue weighted by Gasteiger charge is 2.08. The Morgan fingerprint density at radius 1 is 1.67 bits per heavy atom. The topological polar surface area (TPSA) is 46.2 Å². The maximum absolute atomic E-state index is 8.63. The molecule has 1 aromatic rings. The molecule has 0 spiro atoms. The smallest absolute Gasteiger partial charge is 0.0431 e. The van der Waals surface area contributed by atoms with Crippen LogP contribution in [0.4, 0.5) is 0 Å². The first-order valence-electron chi connectivity index (χ1n) is 4.16. The van der Waals surface area contributed by atoms with Crippen LogP contribution in [0.1, 0.15) is 29.3 Å². The molecule has 2 nitrogen and oxygen atoms in total. The van der Waals surface area contributed by atoms with Crippen LogP contribution in [-0.2, 0) is 0 Å². The zero-order valence-electron chi connectivity index (χ0n) is 7.29. The average molecular weight is 185 g/mol. The van der Waals surface area contributed by atoms with Crippen molar-refractivity contribution < 1.29 is 5.11 Å². The van der Waals surface area contributed by atoms with Crippen LogP contribution in [0.15, 0.2) is 11.4 Å². The molecule has 0 aliphatic carbocycles. The van der Waals surface area contributed by atoms with Gasteiger partial charge in [0.15, 0.2) is 0 Å². The summed E-state index contributed by atoms with van der Waals surface area (Å²) >= 11 is 1.70. The van der Waals surface area contributed by atoms with Crippen molar-refractivity contribution in [1.29, 1.82) is 0 Å². The lowest BCUT2D eigenvalue weighted by Crippen LogP contribution is -2.10. The van der Waals surface area contributed by atoms with Gasteiger partial charge in [-0.05, 0) is 36.8 Å². The van der Waals surface area contributed by atoms with Crippen LogP contribution in [0.2, 0.25) is 0 Å². The number of hydrogen-bond acceptors (Lipinski definition) is 3. The SMILES string of the molecule is Cc1ccsc1[C@H](N)CCCO. The summed E-state index contributed by atoms with van der Waals surface area (Å²) in [6.07, 6.45) is 1.66. The molecule has 0 aromatic carbocycles. The fourth-order valence-corrected chi connectivity index (χ4v) is 2.17. The van der Waals surface area contributed by atoms with Crippen LogP contribution in [0.5, 0.6) is 0 Å². The molecule has 68 valence electrons. The minimum absolute atomic E-state index is 0.108. The minimum Gasteiger partial charge on any atom is -0.396 e. The molecule has 1 atom stereocenters. The second-order valence-corrected chi connectivity index (χ2v) is 3.89. The average Bonchev–Trinajstić information content (AvgIpc) is 2.47. The van der Waals surface area contributed by atoms with Gasteiger partial charge in [-0.15, -0.1) is 11.3 Å². The van der Waals surface area contributed by atoms with E-state index in [2.05, 4.69) is 18.4 Å². The van der Waals surface area contributed by atoms with Gasteiger partial charge in [0.25, 0.3) is 0 Å². The Kier molecular flexibility index (Phi) is 3.72. The number of rotatable bonds is 4. The summed E-state index contributed by atoms with van der Waals surface area (Å²) in [5.41, 5.74) is 7.19. The second-order valence-electron chi connectivity index (χ2n) is 2.94. The van der Waals surface area contributed by atoms with E-state index < -0.39 is 0 Å². The molecule has 3 N–H and O–H groups in total. The van der Waals surface area contributed by atoms with E-state index in [4.69, 9.17) is 10.8 Å². The van der Waals surface area contributed by atoms with E-state index in [1.807, 2.05) is 0 Å². The molecule has 12 heavy (non-hydrogen) atoms. The first-order chi connectivity index (χ1) is 5.75. The maximum atomic E-state index is 8.63. The quantitative estimate of drug-likeness (QED) is 0.751. The van der Waals surface area contributed by atoms with Crippen molar-refractivity contribution in [3.63, 3.8) is 0 Å². The molecule has 3 heteroatoms. The van der Waals surface area contributed by atoms with Crippen molar-refractivity contribution in [2.75, 3.05) is 6.61 Å². The van der Waals surface area contributed by atoms with Gasteiger partial charge in [-0.2, -0.15) is 0 Å². The Morgan fingerprint density at radius 2 is 2.42 bits per heavy atom. The highest BCUT2D eigenvalue weighted by molar-refractivity contribution is 7.10. The summed E-state index contributed by atoms with van der Waals surface area (Å²) in [4.78, 5) is 1.25. The lowest BCUT2D eigenvalue weighted by atomic mass is 10.1. The molecule has 0 fully saturated rings. The van der Waals surface area contributed by atoms with Crippen molar-refractivity contribution >= 4 is 11.3 Å². The third-order valence-electron chi connectivity index (χ3n) is 1.91. The molecule has 1 heterocycles. The first-order valence-corrected chi connectivity index (χ1v) is 5.04. The van der Waals surface area contributed by atoms with Crippen molar-refractivity contribution in [3.05, 3.63) is 21.9 Å². The second kappa shape index (κ2) is 4.60. The zero-order chi connectivity index (χ0) is 8.97. The van der Waals surface area contributed by atoms with Gasteiger partial charge in [0.1, 0.15) is 0 Å². The number of aryl methyl sites for hydroxylation is 1. The van der Waals surface area contributed by atoms with Gasteiger partial charge in [-0.1, -0.05) is 0 Å². The molecule has 1 rings (SSSR count). The number of aliphatic hydroxyl groups is 1. The lowest BCUT2D eigenvalue weighted by molar-refractivity contribution is 0.280. The van der Waals surface area contributed by atoms with Crippen LogP contribution in [-0.4, -0.2) is 11.7 Å². The van der Waals surface area contributed by atoms with Crippen molar-refractivity contribution in [1.82, 2.24) is 0 Å². The van der Waals surface area contributed by atoms with E-state index >= 15 is 0 Å². The summed E-state index contributed by atoms with van der Waals surface area (Å²) < 4.78 is 0. The van der Waals surface area contributed by atoms with Crippen LogP contribution in [0, 0.1) is 6.92 Å². The van der Waals surface area contributed by atoms with Gasteiger partial charge in [-0.25, -0.2) is 0 Å². The predicted octanol–water partition coefficient (Wildman–Crippen LogP) is 1.83. The van der Waals surface area contributed by atoms with E-state index in [0.29, 0.717) is 0 Å². The molecule has 0 saturated carbocycles. The highest BCUT2D eigenvalue weighted by atomic mass is 32.1. The van der Waals surface area contributed by atoms with Crippen LogP contribution >= 0.6 is 11.3 Å². The Bertz CT molecular complexity index is 234. The summed E-state index contributed by atoms with van der Waals surface area (Å²) in [6.45, 7) is 2.31. The molecule has 0 radical (unpaired) electrons. The van der Waals surface area contributed by atoms with Gasteiger partial charge >= 0.3 is 0 Å². The van der Waals surface area contributed by atoms with Gasteiger partial charge in [0.2, 0.25) is 0 Å². The van der Waals surface area contributed by atoms with E-state index in [0.717, 1.165) is 12.8 Å². The molecule has 0 unspecified atom stereocenters. The van der Waals surface area contributed by atoms with Crippen LogP contribution < -0.4 is 5.73 Å². The maximum Gasteiger partial charge on any atom is 0.0431 e. The number of hydrogen-bond donors (Lipinski definition) is 2. The molecular formula is C9H15NOS. The lowest BCUT2D eigenvalue weighted by Gasteiger charge is -2.09. The summed E-state index contributed by atoms with van der Waals surface area (Å²) in [5, 5.41) is 10.7. The molecule has 0 aliphatic rings. The van der Waals surface area contributed by atoms with Gasteiger partial charge in [0, 0.05) is 17.5 Å². The van der Waals surface area contributed by atoms with Gasteiger partial charge < -0.3 is 10.8 Å². The molecule has 0 amide bonds. The third-order valence-corrected chi connectivity index (χ3v) is 3.06. The van der Waals surface area contributed by atoms with E-state index in [-0.39, 0.29) is 12.6 Å². The Hall–Kier alpha value is -0.380. The molecule has 0 aliphatic heterocycles. The molecule has 0 bridgehead atoms. The number of nitrogens with two attached hydrogens (primary N) is 1.